The van der Waals surface area contributed by atoms with Crippen LogP contribution in [0.5, 0.6) is 0 Å². The number of anilines is 3. The number of rotatable bonds is 1. The van der Waals surface area contributed by atoms with Crippen molar-refractivity contribution in [1.29, 1.82) is 0 Å². The Morgan fingerprint density at radius 3 is 2.62 bits per heavy atom. The Balaban J connectivity index is 1.91. The van der Waals surface area contributed by atoms with E-state index in [1.807, 2.05) is 35.2 Å². The van der Waals surface area contributed by atoms with Gasteiger partial charge in [-0.05, 0) is 0 Å². The van der Waals surface area contributed by atoms with Gasteiger partial charge in [-0.2, -0.15) is 0 Å². The zero-order valence-corrected chi connectivity index (χ0v) is 16.8. The van der Waals surface area contributed by atoms with Crippen LogP contribution in [-0.4, -0.2) is 28.4 Å². The van der Waals surface area contributed by atoms with Crippen LogP contribution in [0, 0.1) is 0 Å². The summed E-state index contributed by atoms with van der Waals surface area (Å²) in [5.74, 6) is 1.17. The van der Waals surface area contributed by atoms with Crippen LogP contribution in [0.4, 0.5) is 17.2 Å². The first kappa shape index (κ1) is 16.1. The summed E-state index contributed by atoms with van der Waals surface area (Å²) in [6, 6.07) is 15.3. The van der Waals surface area contributed by atoms with Gasteiger partial charge in [-0.3, -0.25) is 0 Å². The molecule has 0 unspecified atom stereocenters. The van der Waals surface area contributed by atoms with Gasteiger partial charge in [0.05, 0.1) is 0 Å². The van der Waals surface area contributed by atoms with Crippen LogP contribution in [0.25, 0.3) is 0 Å². The average Bonchev–Trinajstić information content (AvgIpc) is 2.64. The Labute approximate surface area is 159 Å². The molecule has 2 aliphatic heterocycles. The summed E-state index contributed by atoms with van der Waals surface area (Å²) in [7, 11) is -3.54. The number of fused-ring (bicyclic) bond motifs is 4. The van der Waals surface area contributed by atoms with E-state index in [4.69, 9.17) is 0 Å². The van der Waals surface area contributed by atoms with Crippen molar-refractivity contribution < 1.29 is 8.42 Å². The molecule has 1 aromatic heterocycles. The minimum absolute atomic E-state index is 0.0358. The molecule has 0 saturated carbocycles. The molecule has 0 aliphatic carbocycles. The molecule has 2 aliphatic rings. The van der Waals surface area contributed by atoms with Crippen LogP contribution < -0.4 is 13.8 Å². The van der Waals surface area contributed by atoms with Gasteiger partial charge in [0.2, 0.25) is 0 Å². The van der Waals surface area contributed by atoms with Gasteiger partial charge in [-0.15, -0.1) is 0 Å². The first-order chi connectivity index (χ1) is 12.5. The number of sulfone groups is 1. The third kappa shape index (κ3) is 2.07. The van der Waals surface area contributed by atoms with Crippen molar-refractivity contribution >= 4 is 50.9 Å². The molecule has 0 amide bonds. The van der Waals surface area contributed by atoms with Crippen LogP contribution in [0.1, 0.15) is 25.3 Å². The minimum atomic E-state index is -3.54. The summed E-state index contributed by atoms with van der Waals surface area (Å²) in [4.78, 5) is 7.41. The summed E-state index contributed by atoms with van der Waals surface area (Å²) in [5, 5.41) is 0. The molecule has 26 heavy (non-hydrogen) atoms. The van der Waals surface area contributed by atoms with Crippen LogP contribution >= 0.6 is 0 Å². The predicted octanol–water partition coefficient (Wildman–Crippen LogP) is 2.79. The quantitative estimate of drug-likeness (QED) is 0.386. The Hall–Kier alpha value is -2.14. The molecule has 0 spiro atoms. The second-order valence-electron chi connectivity index (χ2n) is 6.75. The summed E-state index contributed by atoms with van der Waals surface area (Å²) in [5.41, 5.74) is 2.62. The van der Waals surface area contributed by atoms with Gasteiger partial charge >= 0.3 is 159 Å². The second-order valence-corrected chi connectivity index (χ2v) is 10.9. The Kier molecular flexibility index (Phi) is 3.35. The van der Waals surface area contributed by atoms with E-state index in [0.29, 0.717) is 21.4 Å². The fraction of sp³-hybridized carbons (Fsp3) is 0.150. The van der Waals surface area contributed by atoms with Crippen molar-refractivity contribution in [2.45, 2.75) is 29.6 Å². The SMILES string of the molecule is CC(C)c1ccc2c(c1)N1c3ncccc3[Se]c3cccc(c31)S2(=O)=O. The molecule has 2 aromatic carbocycles. The summed E-state index contributed by atoms with van der Waals surface area (Å²) >= 11 is 0.0358. The average molecular weight is 427 g/mol. The van der Waals surface area contributed by atoms with Gasteiger partial charge in [-0.1, -0.05) is 0 Å². The van der Waals surface area contributed by atoms with Gasteiger partial charge in [0.1, 0.15) is 0 Å². The predicted molar refractivity (Wildman–Crippen MR) is 103 cm³/mol. The molecular weight excluding hydrogens is 411 g/mol. The number of hydrogen-bond donors (Lipinski definition) is 0. The number of nitrogens with zero attached hydrogens (tertiary/aromatic N) is 2. The summed E-state index contributed by atoms with van der Waals surface area (Å²) in [6.07, 6.45) is 1.78. The monoisotopic (exact) mass is 428 g/mol. The third-order valence-corrected chi connectivity index (χ3v) is 8.95. The van der Waals surface area contributed by atoms with Gasteiger partial charge in [0.25, 0.3) is 0 Å². The first-order valence-electron chi connectivity index (χ1n) is 8.43. The van der Waals surface area contributed by atoms with E-state index in [9.17, 15) is 8.42 Å². The van der Waals surface area contributed by atoms with Crippen molar-refractivity contribution in [2.75, 3.05) is 4.90 Å². The van der Waals surface area contributed by atoms with Crippen molar-refractivity contribution in [2.24, 2.45) is 0 Å². The normalized spacial score (nSPS) is 16.0. The van der Waals surface area contributed by atoms with E-state index in [1.165, 1.54) is 4.46 Å². The second kappa shape index (κ2) is 5.43. The van der Waals surface area contributed by atoms with Gasteiger partial charge in [0.15, 0.2) is 0 Å². The zero-order valence-electron chi connectivity index (χ0n) is 14.3. The van der Waals surface area contributed by atoms with Gasteiger partial charge in [0, 0.05) is 0 Å². The van der Waals surface area contributed by atoms with E-state index >= 15 is 0 Å². The van der Waals surface area contributed by atoms with Crippen molar-refractivity contribution in [3.8, 4) is 0 Å². The fourth-order valence-electron chi connectivity index (χ4n) is 3.52. The Bertz CT molecular complexity index is 1170. The molecule has 4 nitrogen and oxygen atoms in total. The molecule has 0 bridgehead atoms. The molecule has 5 rings (SSSR count). The number of hydrogen-bond acceptors (Lipinski definition) is 4. The first-order valence-corrected chi connectivity index (χ1v) is 11.6. The Morgan fingerprint density at radius 1 is 1.00 bits per heavy atom. The molecule has 3 aromatic rings. The molecule has 0 radical (unpaired) electrons. The van der Waals surface area contributed by atoms with Gasteiger partial charge < -0.3 is 0 Å². The number of pyridine rings is 1. The zero-order chi connectivity index (χ0) is 18.1. The van der Waals surface area contributed by atoms with E-state index < -0.39 is 9.84 Å². The van der Waals surface area contributed by atoms with Crippen LogP contribution in [0.3, 0.4) is 0 Å². The summed E-state index contributed by atoms with van der Waals surface area (Å²) < 4.78 is 28.8. The molecule has 130 valence electrons. The standard InChI is InChI=1S/C20H16N2O2SSe/c1-12(2)13-8-9-15-14(11-13)22-19-16(25(15,23)24)5-3-6-17(19)26-18-7-4-10-21-20(18)22/h3-12H,1-2H3. The molecule has 3 heterocycles. The van der Waals surface area contributed by atoms with Crippen molar-refractivity contribution in [3.63, 3.8) is 0 Å². The number of benzene rings is 2. The maximum absolute atomic E-state index is 13.3. The van der Waals surface area contributed by atoms with E-state index in [0.717, 1.165) is 21.5 Å². The van der Waals surface area contributed by atoms with Gasteiger partial charge in [-0.25, -0.2) is 0 Å². The Morgan fingerprint density at radius 2 is 1.81 bits per heavy atom. The summed E-state index contributed by atoms with van der Waals surface area (Å²) in [6.45, 7) is 4.23. The van der Waals surface area contributed by atoms with Crippen molar-refractivity contribution in [1.82, 2.24) is 4.98 Å². The van der Waals surface area contributed by atoms with E-state index in [2.05, 4.69) is 24.9 Å². The van der Waals surface area contributed by atoms with Crippen LogP contribution in [-0.2, 0) is 9.84 Å². The van der Waals surface area contributed by atoms with Crippen LogP contribution in [0.2, 0.25) is 0 Å². The van der Waals surface area contributed by atoms with E-state index in [-0.39, 0.29) is 15.0 Å². The topological polar surface area (TPSA) is 50.3 Å². The molecule has 6 heteroatoms. The molecule has 0 N–H and O–H groups in total. The number of para-hydroxylation sites is 1. The fourth-order valence-corrected chi connectivity index (χ4v) is 7.52. The van der Waals surface area contributed by atoms with Crippen LogP contribution in [0.15, 0.2) is 64.5 Å². The molecule has 0 fully saturated rings. The third-order valence-electron chi connectivity index (χ3n) is 4.84. The van der Waals surface area contributed by atoms with E-state index in [1.54, 1.807) is 18.3 Å². The molecular formula is C20H16N2O2SSe. The molecule has 0 saturated heterocycles. The number of aromatic nitrogens is 1. The molecule has 0 atom stereocenters. The maximum atomic E-state index is 13.3. The van der Waals surface area contributed by atoms with Crippen molar-refractivity contribution in [3.05, 3.63) is 60.3 Å².